The SMILES string of the molecule is COCCCN.COCCCNCC(=O)N[C@@H](CC(=O)OC)c1ccc(OC)cc1.[2HH]. The van der Waals surface area contributed by atoms with E-state index in [0.717, 1.165) is 31.6 Å². The van der Waals surface area contributed by atoms with Crippen molar-refractivity contribution in [3.8, 4) is 5.75 Å². The molecule has 0 bridgehead atoms. The first kappa shape index (κ1) is 27.8. The normalized spacial score (nSPS) is 11.1. The van der Waals surface area contributed by atoms with Crippen LogP contribution in [-0.4, -0.2) is 73.2 Å². The minimum atomic E-state index is -0.448. The number of methoxy groups -OCH3 is 4. The molecule has 0 saturated carbocycles. The van der Waals surface area contributed by atoms with E-state index in [1.807, 2.05) is 12.1 Å². The molecular formula is C21H39N3O6. The van der Waals surface area contributed by atoms with E-state index in [1.165, 1.54) is 7.11 Å². The Bertz CT molecular complexity index is 571. The van der Waals surface area contributed by atoms with E-state index in [9.17, 15) is 9.59 Å². The zero-order valence-electron chi connectivity index (χ0n) is 18.6. The van der Waals surface area contributed by atoms with Gasteiger partial charge in [0.1, 0.15) is 5.75 Å². The summed E-state index contributed by atoms with van der Waals surface area (Å²) in [6.45, 7) is 3.03. The molecule has 1 atom stereocenters. The lowest BCUT2D eigenvalue weighted by molar-refractivity contribution is -0.141. The molecule has 0 radical (unpaired) electrons. The van der Waals surface area contributed by atoms with Gasteiger partial charge in [0, 0.05) is 28.9 Å². The van der Waals surface area contributed by atoms with Crippen molar-refractivity contribution in [1.82, 2.24) is 10.6 Å². The predicted octanol–water partition coefficient (Wildman–Crippen LogP) is 1.27. The number of nitrogens with two attached hydrogens (primary N) is 1. The Hall–Kier alpha value is -2.20. The minimum Gasteiger partial charge on any atom is -0.497 e. The summed E-state index contributed by atoms with van der Waals surface area (Å²) in [6, 6.07) is 6.76. The van der Waals surface area contributed by atoms with Crippen LogP contribution < -0.4 is 21.1 Å². The van der Waals surface area contributed by atoms with Crippen LogP contribution >= 0.6 is 0 Å². The second-order valence-electron chi connectivity index (χ2n) is 6.33. The fourth-order valence-corrected chi connectivity index (χ4v) is 2.35. The molecule has 0 aliphatic heterocycles. The average molecular weight is 431 g/mol. The van der Waals surface area contributed by atoms with Gasteiger partial charge in [-0.05, 0) is 43.6 Å². The molecule has 174 valence electrons. The van der Waals surface area contributed by atoms with E-state index in [1.54, 1.807) is 33.5 Å². The molecule has 0 aromatic heterocycles. The highest BCUT2D eigenvalue weighted by Crippen LogP contribution is 2.20. The van der Waals surface area contributed by atoms with Crippen molar-refractivity contribution < 1.29 is 30.0 Å². The molecule has 9 nitrogen and oxygen atoms in total. The van der Waals surface area contributed by atoms with Crippen molar-refractivity contribution in [2.45, 2.75) is 25.3 Å². The second kappa shape index (κ2) is 18.8. The predicted molar refractivity (Wildman–Crippen MR) is 118 cm³/mol. The van der Waals surface area contributed by atoms with Gasteiger partial charge in [0.05, 0.1) is 33.2 Å². The number of carbonyl (C=O) groups excluding carboxylic acids is 2. The van der Waals surface area contributed by atoms with Crippen LogP contribution in [0.3, 0.4) is 0 Å². The standard InChI is InChI=1S/C17H26N2O5.C4H11NO.H2/c1-22-10-4-9-18-12-16(20)19-15(11-17(21)24-3)13-5-7-14(23-2)8-6-13;1-6-4-2-3-5;/h5-8,15,18H,4,9-12H2,1-3H3,(H,19,20);2-5H2,1H3;1H/t15-;;/m0../s1/i;;1+1. The van der Waals surface area contributed by atoms with Gasteiger partial charge in [0.25, 0.3) is 0 Å². The number of carbonyl (C=O) groups is 2. The Morgan fingerprint density at radius 2 is 1.67 bits per heavy atom. The Morgan fingerprint density at radius 3 is 2.17 bits per heavy atom. The summed E-state index contributed by atoms with van der Waals surface area (Å²) in [5.41, 5.74) is 5.95. The molecule has 0 unspecified atom stereocenters. The molecule has 0 heterocycles. The van der Waals surface area contributed by atoms with E-state index < -0.39 is 6.04 Å². The first-order valence-corrected chi connectivity index (χ1v) is 9.91. The Balaban J connectivity index is 0. The summed E-state index contributed by atoms with van der Waals surface area (Å²) >= 11 is 0. The van der Waals surface area contributed by atoms with Gasteiger partial charge in [0.15, 0.2) is 0 Å². The first-order valence-electron chi connectivity index (χ1n) is 9.91. The highest BCUT2D eigenvalue weighted by atomic mass is 16.5. The fraction of sp³-hybridized carbons (Fsp3) is 0.619. The highest BCUT2D eigenvalue weighted by molar-refractivity contribution is 5.79. The number of ether oxygens (including phenoxy) is 4. The molecule has 1 aromatic rings. The second-order valence-corrected chi connectivity index (χ2v) is 6.33. The molecular weight excluding hydrogens is 390 g/mol. The molecule has 0 saturated heterocycles. The molecule has 0 aliphatic rings. The summed E-state index contributed by atoms with van der Waals surface area (Å²) in [5, 5.41) is 5.89. The van der Waals surface area contributed by atoms with Crippen molar-refractivity contribution >= 4 is 11.9 Å². The van der Waals surface area contributed by atoms with Gasteiger partial charge in [-0.1, -0.05) is 12.1 Å². The van der Waals surface area contributed by atoms with Gasteiger partial charge >= 0.3 is 5.97 Å². The third kappa shape index (κ3) is 13.9. The zero-order chi connectivity index (χ0) is 22.6. The molecule has 1 rings (SSSR count). The van der Waals surface area contributed by atoms with Crippen LogP contribution in [0.1, 0.15) is 32.3 Å². The number of amides is 1. The fourth-order valence-electron chi connectivity index (χ4n) is 2.35. The third-order valence-corrected chi connectivity index (χ3v) is 3.99. The van der Waals surface area contributed by atoms with Gasteiger partial charge in [0.2, 0.25) is 5.91 Å². The van der Waals surface area contributed by atoms with Crippen molar-refractivity contribution in [3.05, 3.63) is 29.8 Å². The van der Waals surface area contributed by atoms with Crippen LogP contribution in [0.4, 0.5) is 0 Å². The van der Waals surface area contributed by atoms with Crippen LogP contribution in [0.2, 0.25) is 0 Å². The van der Waals surface area contributed by atoms with Gasteiger partial charge < -0.3 is 35.3 Å². The summed E-state index contributed by atoms with van der Waals surface area (Å²) in [7, 11) is 6.22. The lowest BCUT2D eigenvalue weighted by atomic mass is 10.0. The molecule has 9 heteroatoms. The smallest absolute Gasteiger partial charge is 0.307 e. The van der Waals surface area contributed by atoms with E-state index in [2.05, 4.69) is 10.6 Å². The van der Waals surface area contributed by atoms with Crippen LogP contribution in [0.5, 0.6) is 5.75 Å². The van der Waals surface area contributed by atoms with Crippen molar-refractivity contribution in [3.63, 3.8) is 0 Å². The summed E-state index contributed by atoms with van der Waals surface area (Å²) < 4.78 is 19.5. The molecule has 0 spiro atoms. The molecule has 1 aromatic carbocycles. The monoisotopic (exact) mass is 430 g/mol. The average Bonchev–Trinajstić information content (AvgIpc) is 2.77. The number of benzene rings is 1. The highest BCUT2D eigenvalue weighted by Gasteiger charge is 2.18. The number of esters is 1. The van der Waals surface area contributed by atoms with Crippen LogP contribution in [0.25, 0.3) is 0 Å². The first-order chi connectivity index (χ1) is 14.5. The van der Waals surface area contributed by atoms with E-state index in [4.69, 9.17) is 24.7 Å². The van der Waals surface area contributed by atoms with Gasteiger partial charge in [-0.15, -0.1) is 0 Å². The lowest BCUT2D eigenvalue weighted by Gasteiger charge is -2.19. The maximum atomic E-state index is 12.1. The van der Waals surface area contributed by atoms with E-state index in [0.29, 0.717) is 18.9 Å². The minimum absolute atomic E-state index is 0. The third-order valence-electron chi connectivity index (χ3n) is 3.99. The zero-order valence-corrected chi connectivity index (χ0v) is 18.6. The van der Waals surface area contributed by atoms with E-state index >= 15 is 0 Å². The van der Waals surface area contributed by atoms with Crippen molar-refractivity contribution in [2.24, 2.45) is 5.73 Å². The van der Waals surface area contributed by atoms with Gasteiger partial charge in [-0.25, -0.2) is 0 Å². The molecule has 1 amide bonds. The molecule has 0 fully saturated rings. The quantitative estimate of drug-likeness (QED) is 0.298. The number of hydrogen-bond acceptors (Lipinski definition) is 8. The van der Waals surface area contributed by atoms with E-state index in [-0.39, 0.29) is 26.3 Å². The maximum absolute atomic E-state index is 12.1. The van der Waals surface area contributed by atoms with Crippen molar-refractivity contribution in [1.29, 1.82) is 0 Å². The Morgan fingerprint density at radius 1 is 1.03 bits per heavy atom. The molecule has 4 N–H and O–H groups in total. The number of rotatable bonds is 14. The molecule has 0 aliphatic carbocycles. The number of hydrogen-bond donors (Lipinski definition) is 3. The summed E-state index contributed by atoms with van der Waals surface area (Å²) in [6.07, 6.45) is 1.86. The Kier molecular flexibility index (Phi) is 17.4. The number of nitrogens with one attached hydrogen (secondary N) is 2. The largest absolute Gasteiger partial charge is 0.497 e. The summed E-state index contributed by atoms with van der Waals surface area (Å²) in [4.78, 5) is 23.7. The van der Waals surface area contributed by atoms with Crippen LogP contribution in [0, 0.1) is 0 Å². The maximum Gasteiger partial charge on any atom is 0.307 e. The lowest BCUT2D eigenvalue weighted by Crippen LogP contribution is -2.37. The summed E-state index contributed by atoms with van der Waals surface area (Å²) in [5.74, 6) is 0.142. The van der Waals surface area contributed by atoms with Gasteiger partial charge in [-0.3, -0.25) is 9.59 Å². The topological polar surface area (TPSA) is 121 Å². The van der Waals surface area contributed by atoms with Crippen LogP contribution in [-0.2, 0) is 23.8 Å². The molecule has 30 heavy (non-hydrogen) atoms. The van der Waals surface area contributed by atoms with Crippen LogP contribution in [0.15, 0.2) is 24.3 Å². The Labute approximate surface area is 181 Å². The van der Waals surface area contributed by atoms with Crippen molar-refractivity contribution in [2.75, 3.05) is 61.3 Å². The van der Waals surface area contributed by atoms with Gasteiger partial charge in [-0.2, -0.15) is 0 Å².